The number of hydrogen-bond donors (Lipinski definition) is 1. The minimum atomic E-state index is -0.106. The fourth-order valence-corrected chi connectivity index (χ4v) is 2.98. The van der Waals surface area contributed by atoms with E-state index in [2.05, 4.69) is 41.5 Å². The lowest BCUT2D eigenvalue weighted by atomic mass is 9.99. The van der Waals surface area contributed by atoms with Gasteiger partial charge in [0.25, 0.3) is 5.22 Å². The first-order valence-electron chi connectivity index (χ1n) is 8.57. The second kappa shape index (κ2) is 8.67. The highest BCUT2D eigenvalue weighted by Gasteiger charge is 2.11. The smallest absolute Gasteiger partial charge is 0.277 e. The van der Waals surface area contributed by atoms with E-state index in [1.807, 2.05) is 42.5 Å². The molecule has 1 heterocycles. The van der Waals surface area contributed by atoms with Crippen molar-refractivity contribution in [2.24, 2.45) is 0 Å². The van der Waals surface area contributed by atoms with Crippen LogP contribution in [0.5, 0.6) is 0 Å². The van der Waals surface area contributed by atoms with Gasteiger partial charge in [0.05, 0.1) is 5.75 Å². The summed E-state index contributed by atoms with van der Waals surface area (Å²) in [5.41, 5.74) is 2.93. The molecule has 6 heteroatoms. The van der Waals surface area contributed by atoms with E-state index in [1.165, 1.54) is 17.3 Å². The Morgan fingerprint density at radius 1 is 1.12 bits per heavy atom. The van der Waals surface area contributed by atoms with Crippen molar-refractivity contribution >= 4 is 23.4 Å². The molecule has 3 rings (SSSR count). The van der Waals surface area contributed by atoms with Crippen molar-refractivity contribution < 1.29 is 9.21 Å². The minimum absolute atomic E-state index is 0.106. The van der Waals surface area contributed by atoms with Crippen molar-refractivity contribution in [1.82, 2.24) is 10.2 Å². The lowest BCUT2D eigenvalue weighted by molar-refractivity contribution is -0.113. The average Bonchev–Trinajstić information content (AvgIpc) is 3.16. The van der Waals surface area contributed by atoms with Gasteiger partial charge in [-0.15, -0.1) is 10.2 Å². The lowest BCUT2D eigenvalue weighted by Crippen LogP contribution is -2.14. The van der Waals surface area contributed by atoms with Gasteiger partial charge in [0, 0.05) is 11.3 Å². The molecule has 0 saturated carbocycles. The zero-order chi connectivity index (χ0) is 18.4. The van der Waals surface area contributed by atoms with E-state index in [1.54, 1.807) is 0 Å². The minimum Gasteiger partial charge on any atom is -0.411 e. The van der Waals surface area contributed by atoms with Gasteiger partial charge in [-0.25, -0.2) is 0 Å². The van der Waals surface area contributed by atoms with Crippen LogP contribution in [0.3, 0.4) is 0 Å². The number of thioether (sulfide) groups is 1. The monoisotopic (exact) mass is 367 g/mol. The summed E-state index contributed by atoms with van der Waals surface area (Å²) < 4.78 is 5.59. The number of carbonyl (C=O) groups is 1. The summed E-state index contributed by atoms with van der Waals surface area (Å²) in [5, 5.41) is 11.3. The zero-order valence-corrected chi connectivity index (χ0v) is 15.6. The van der Waals surface area contributed by atoms with E-state index in [9.17, 15) is 4.79 Å². The molecule has 1 N–H and O–H groups in total. The van der Waals surface area contributed by atoms with Crippen LogP contribution in [0, 0.1) is 0 Å². The van der Waals surface area contributed by atoms with Crippen LogP contribution in [0.2, 0.25) is 0 Å². The topological polar surface area (TPSA) is 68.0 Å². The van der Waals surface area contributed by atoms with Gasteiger partial charge in [-0.2, -0.15) is 0 Å². The average molecular weight is 367 g/mol. The Labute approximate surface area is 157 Å². The van der Waals surface area contributed by atoms with Crippen molar-refractivity contribution in [3.63, 3.8) is 0 Å². The first-order chi connectivity index (χ1) is 12.7. The van der Waals surface area contributed by atoms with Gasteiger partial charge in [-0.05, 0) is 42.2 Å². The Bertz CT molecular complexity index is 847. The maximum atomic E-state index is 12.1. The molecule has 0 aliphatic rings. The van der Waals surface area contributed by atoms with Crippen molar-refractivity contribution in [2.75, 3.05) is 11.1 Å². The lowest BCUT2D eigenvalue weighted by Gasteiger charge is -2.10. The predicted molar refractivity (Wildman–Crippen MR) is 104 cm³/mol. The van der Waals surface area contributed by atoms with E-state index in [0.29, 0.717) is 17.0 Å². The quantitative estimate of drug-likeness (QED) is 0.596. The molecule has 2 aromatic carbocycles. The Balaban J connectivity index is 1.52. The highest BCUT2D eigenvalue weighted by atomic mass is 32.2. The van der Waals surface area contributed by atoms with Crippen LogP contribution in [-0.4, -0.2) is 21.9 Å². The van der Waals surface area contributed by atoms with Gasteiger partial charge in [-0.1, -0.05) is 55.9 Å². The van der Waals surface area contributed by atoms with E-state index in [4.69, 9.17) is 4.42 Å². The summed E-state index contributed by atoms with van der Waals surface area (Å²) in [7, 11) is 0. The third kappa shape index (κ3) is 4.73. The number of hydrogen-bond acceptors (Lipinski definition) is 5. The molecule has 5 nitrogen and oxygen atoms in total. The number of rotatable bonds is 7. The molecule has 1 amide bonds. The molecule has 3 aromatic rings. The van der Waals surface area contributed by atoms with Crippen LogP contribution < -0.4 is 5.32 Å². The van der Waals surface area contributed by atoms with Crippen LogP contribution in [-0.2, 0) is 4.79 Å². The molecule has 0 fully saturated rings. The standard InChI is InChI=1S/C20H21N3O2S/c1-3-14(2)15-9-11-17(12-10-15)21-18(24)13-26-20-23-22-19(25-20)16-7-5-4-6-8-16/h4-12,14H,3,13H2,1-2H3,(H,21,24)/t14-/m0/s1. The Kier molecular flexibility index (Phi) is 6.07. The zero-order valence-electron chi connectivity index (χ0n) is 14.8. The molecular weight excluding hydrogens is 346 g/mol. The van der Waals surface area contributed by atoms with Crippen LogP contribution in [0.25, 0.3) is 11.5 Å². The maximum Gasteiger partial charge on any atom is 0.277 e. The molecule has 0 unspecified atom stereocenters. The van der Waals surface area contributed by atoms with E-state index < -0.39 is 0 Å². The van der Waals surface area contributed by atoms with Gasteiger partial charge >= 0.3 is 0 Å². The summed E-state index contributed by atoms with van der Waals surface area (Å²) in [6.07, 6.45) is 1.09. The highest BCUT2D eigenvalue weighted by molar-refractivity contribution is 7.99. The summed E-state index contributed by atoms with van der Waals surface area (Å²) in [6.45, 7) is 4.36. The van der Waals surface area contributed by atoms with Gasteiger partial charge in [0.15, 0.2) is 0 Å². The number of anilines is 1. The van der Waals surface area contributed by atoms with Crippen molar-refractivity contribution in [1.29, 1.82) is 0 Å². The van der Waals surface area contributed by atoms with Crippen LogP contribution in [0.4, 0.5) is 5.69 Å². The van der Waals surface area contributed by atoms with Crippen LogP contribution in [0.1, 0.15) is 31.7 Å². The largest absolute Gasteiger partial charge is 0.411 e. The molecule has 0 aliphatic carbocycles. The third-order valence-corrected chi connectivity index (χ3v) is 4.95. The number of aromatic nitrogens is 2. The number of nitrogens with zero attached hydrogens (tertiary/aromatic N) is 2. The number of nitrogens with one attached hydrogen (secondary N) is 1. The molecule has 134 valence electrons. The molecule has 0 aliphatic heterocycles. The fourth-order valence-electron chi connectivity index (χ4n) is 2.42. The van der Waals surface area contributed by atoms with E-state index in [-0.39, 0.29) is 11.7 Å². The van der Waals surface area contributed by atoms with Crippen LogP contribution in [0.15, 0.2) is 64.2 Å². The SMILES string of the molecule is CC[C@H](C)c1ccc(NC(=O)CSc2nnc(-c3ccccc3)o2)cc1. The Morgan fingerprint density at radius 2 is 1.85 bits per heavy atom. The number of carbonyl (C=O) groups excluding carboxylic acids is 1. The van der Waals surface area contributed by atoms with Crippen molar-refractivity contribution in [2.45, 2.75) is 31.4 Å². The number of benzene rings is 2. The summed E-state index contributed by atoms with van der Waals surface area (Å²) in [5.74, 6) is 1.08. The van der Waals surface area contributed by atoms with Gasteiger partial charge in [0.2, 0.25) is 11.8 Å². The van der Waals surface area contributed by atoms with Crippen molar-refractivity contribution in [3.8, 4) is 11.5 Å². The molecular formula is C20H21N3O2S. The second-order valence-electron chi connectivity index (χ2n) is 6.01. The third-order valence-electron chi connectivity index (χ3n) is 4.13. The molecule has 0 spiro atoms. The second-order valence-corrected chi connectivity index (χ2v) is 6.93. The fraction of sp³-hybridized carbons (Fsp3) is 0.250. The molecule has 0 bridgehead atoms. The van der Waals surface area contributed by atoms with Gasteiger partial charge < -0.3 is 9.73 Å². The summed E-state index contributed by atoms with van der Waals surface area (Å²) >= 11 is 1.22. The normalized spacial score (nSPS) is 11.9. The molecule has 0 radical (unpaired) electrons. The Morgan fingerprint density at radius 3 is 2.54 bits per heavy atom. The Hall–Kier alpha value is -2.60. The van der Waals surface area contributed by atoms with Gasteiger partial charge in [0.1, 0.15) is 0 Å². The summed E-state index contributed by atoms with van der Waals surface area (Å²) in [6, 6.07) is 17.5. The molecule has 26 heavy (non-hydrogen) atoms. The number of amides is 1. The van der Waals surface area contributed by atoms with Gasteiger partial charge in [-0.3, -0.25) is 4.79 Å². The predicted octanol–water partition coefficient (Wildman–Crippen LogP) is 4.98. The first kappa shape index (κ1) is 18.2. The molecule has 0 saturated heterocycles. The van der Waals surface area contributed by atoms with Crippen molar-refractivity contribution in [3.05, 3.63) is 60.2 Å². The highest BCUT2D eigenvalue weighted by Crippen LogP contribution is 2.23. The van der Waals surface area contributed by atoms with E-state index in [0.717, 1.165) is 17.7 Å². The van der Waals surface area contributed by atoms with Crippen LogP contribution >= 0.6 is 11.8 Å². The van der Waals surface area contributed by atoms with E-state index >= 15 is 0 Å². The maximum absolute atomic E-state index is 12.1. The first-order valence-corrected chi connectivity index (χ1v) is 9.55. The summed E-state index contributed by atoms with van der Waals surface area (Å²) in [4.78, 5) is 12.1. The molecule has 1 aromatic heterocycles. The molecule has 1 atom stereocenters.